The zero-order valence-electron chi connectivity index (χ0n) is 15.6. The van der Waals surface area contributed by atoms with Gasteiger partial charge in [-0.25, -0.2) is 13.2 Å². The average molecular weight is 375 g/mol. The summed E-state index contributed by atoms with van der Waals surface area (Å²) >= 11 is 0. The summed E-state index contributed by atoms with van der Waals surface area (Å²) in [5, 5.41) is 0. The fourth-order valence-corrected chi connectivity index (χ4v) is 4.38. The van der Waals surface area contributed by atoms with Crippen molar-refractivity contribution >= 4 is 21.7 Å². The number of anilines is 1. The molecule has 0 heterocycles. The van der Waals surface area contributed by atoms with Crippen molar-refractivity contribution in [3.05, 3.63) is 58.7 Å². The van der Waals surface area contributed by atoms with Gasteiger partial charge in [0, 0.05) is 5.69 Å². The van der Waals surface area contributed by atoms with Gasteiger partial charge in [-0.15, -0.1) is 0 Å². The first-order valence-electron chi connectivity index (χ1n) is 8.62. The summed E-state index contributed by atoms with van der Waals surface area (Å²) in [7, 11) is -3.71. The van der Waals surface area contributed by atoms with Crippen molar-refractivity contribution in [1.82, 2.24) is 0 Å². The maximum absolute atomic E-state index is 12.7. The number of rotatable bonds is 7. The van der Waals surface area contributed by atoms with Gasteiger partial charge in [0.25, 0.3) is 10.0 Å². The maximum atomic E-state index is 12.7. The maximum Gasteiger partial charge on any atom is 0.338 e. The minimum Gasteiger partial charge on any atom is -0.462 e. The van der Waals surface area contributed by atoms with E-state index in [1.165, 1.54) is 0 Å². The molecule has 1 N–H and O–H groups in total. The molecule has 5 nitrogen and oxygen atoms in total. The number of benzene rings is 2. The van der Waals surface area contributed by atoms with Crippen molar-refractivity contribution < 1.29 is 17.9 Å². The molecule has 0 spiro atoms. The van der Waals surface area contributed by atoms with E-state index < -0.39 is 16.0 Å². The molecule has 0 amide bonds. The van der Waals surface area contributed by atoms with E-state index in [1.54, 1.807) is 38.1 Å². The van der Waals surface area contributed by atoms with Crippen LogP contribution in [0.25, 0.3) is 0 Å². The van der Waals surface area contributed by atoms with E-state index in [0.29, 0.717) is 29.0 Å². The van der Waals surface area contributed by atoms with Crippen LogP contribution in [0.3, 0.4) is 0 Å². The predicted octanol–water partition coefficient (Wildman–Crippen LogP) is 4.37. The average Bonchev–Trinajstić information content (AvgIpc) is 2.54. The molecule has 0 saturated heterocycles. The second kappa shape index (κ2) is 8.36. The third kappa shape index (κ3) is 4.85. The number of hydrogen-bond acceptors (Lipinski definition) is 4. The van der Waals surface area contributed by atoms with Crippen molar-refractivity contribution in [3.63, 3.8) is 0 Å². The summed E-state index contributed by atoms with van der Waals surface area (Å²) in [6.45, 7) is 7.90. The third-order valence-electron chi connectivity index (χ3n) is 3.98. The Labute approximate surface area is 155 Å². The fourth-order valence-electron chi connectivity index (χ4n) is 2.86. The van der Waals surface area contributed by atoms with Gasteiger partial charge in [0.15, 0.2) is 0 Å². The Morgan fingerprint density at radius 3 is 2.15 bits per heavy atom. The van der Waals surface area contributed by atoms with Crippen molar-refractivity contribution in [2.24, 2.45) is 0 Å². The number of hydrogen-bond donors (Lipinski definition) is 1. The van der Waals surface area contributed by atoms with Crippen molar-refractivity contribution in [3.8, 4) is 0 Å². The highest BCUT2D eigenvalue weighted by molar-refractivity contribution is 7.92. The van der Waals surface area contributed by atoms with Gasteiger partial charge in [-0.3, -0.25) is 4.72 Å². The summed E-state index contributed by atoms with van der Waals surface area (Å²) in [6.07, 6.45) is 1.77. The number of unbranched alkanes of at least 4 members (excludes halogenated alkanes) is 1. The summed E-state index contributed by atoms with van der Waals surface area (Å²) < 4.78 is 33.2. The largest absolute Gasteiger partial charge is 0.462 e. The first kappa shape index (κ1) is 20.0. The molecule has 140 valence electrons. The smallest absolute Gasteiger partial charge is 0.338 e. The Bertz CT molecular complexity index is 864. The Balaban J connectivity index is 2.17. The van der Waals surface area contributed by atoms with Gasteiger partial charge in [-0.05, 0) is 62.6 Å². The quantitative estimate of drug-likeness (QED) is 0.576. The molecule has 26 heavy (non-hydrogen) atoms. The Kier molecular flexibility index (Phi) is 6.42. The lowest BCUT2D eigenvalue weighted by Gasteiger charge is -2.14. The lowest BCUT2D eigenvalue weighted by molar-refractivity contribution is 0.0500. The highest BCUT2D eigenvalue weighted by atomic mass is 32.2. The van der Waals surface area contributed by atoms with Crippen LogP contribution in [0.15, 0.2) is 41.3 Å². The van der Waals surface area contributed by atoms with Crippen molar-refractivity contribution in [1.29, 1.82) is 0 Å². The van der Waals surface area contributed by atoms with Crippen molar-refractivity contribution in [2.45, 2.75) is 45.4 Å². The number of carbonyl (C=O) groups excluding carboxylic acids is 1. The Hall–Kier alpha value is -2.34. The van der Waals surface area contributed by atoms with Crippen molar-refractivity contribution in [2.75, 3.05) is 11.3 Å². The van der Waals surface area contributed by atoms with E-state index in [0.717, 1.165) is 18.4 Å². The number of esters is 1. The molecule has 0 aliphatic carbocycles. The van der Waals surface area contributed by atoms with Gasteiger partial charge in [0.1, 0.15) is 0 Å². The van der Waals surface area contributed by atoms with E-state index >= 15 is 0 Å². The first-order valence-corrected chi connectivity index (χ1v) is 10.1. The Morgan fingerprint density at radius 1 is 1.04 bits per heavy atom. The van der Waals surface area contributed by atoms with Gasteiger partial charge in [-0.2, -0.15) is 0 Å². The lowest BCUT2D eigenvalue weighted by atomic mass is 10.1. The molecule has 2 aromatic carbocycles. The highest BCUT2D eigenvalue weighted by Gasteiger charge is 2.20. The molecule has 0 saturated carbocycles. The molecule has 6 heteroatoms. The topological polar surface area (TPSA) is 72.5 Å². The van der Waals surface area contributed by atoms with Crippen LogP contribution in [-0.4, -0.2) is 21.0 Å². The SMILES string of the molecule is CCCCOC(=O)c1ccc(NS(=O)(=O)c2c(C)cc(C)cc2C)cc1. The molecule has 2 rings (SSSR count). The number of aryl methyl sites for hydroxylation is 3. The zero-order chi connectivity index (χ0) is 19.3. The summed E-state index contributed by atoms with van der Waals surface area (Å²) in [5.74, 6) is -0.405. The monoisotopic (exact) mass is 375 g/mol. The summed E-state index contributed by atoms with van der Waals surface area (Å²) in [6, 6.07) is 9.93. The molecule has 0 atom stereocenters. The van der Waals surface area contributed by atoms with Crippen LogP contribution in [0, 0.1) is 20.8 Å². The molecular weight excluding hydrogens is 350 g/mol. The van der Waals surface area contributed by atoms with Crippen LogP contribution in [0.2, 0.25) is 0 Å². The number of sulfonamides is 1. The molecule has 0 aliphatic heterocycles. The summed E-state index contributed by atoms with van der Waals surface area (Å²) in [5.41, 5.74) is 3.21. The van der Waals surface area contributed by atoms with Gasteiger partial charge >= 0.3 is 5.97 Å². The first-order chi connectivity index (χ1) is 12.2. The fraction of sp³-hybridized carbons (Fsp3) is 0.350. The minimum absolute atomic E-state index is 0.283. The highest BCUT2D eigenvalue weighted by Crippen LogP contribution is 2.24. The molecule has 0 unspecified atom stereocenters. The van der Waals surface area contributed by atoms with E-state index in [-0.39, 0.29) is 4.90 Å². The van der Waals surface area contributed by atoms with Gasteiger partial charge in [0.05, 0.1) is 17.1 Å². The predicted molar refractivity (Wildman–Crippen MR) is 103 cm³/mol. The van der Waals surface area contributed by atoms with E-state index in [2.05, 4.69) is 4.72 Å². The van der Waals surface area contributed by atoms with Gasteiger partial charge < -0.3 is 4.74 Å². The zero-order valence-corrected chi connectivity index (χ0v) is 16.4. The van der Waals surface area contributed by atoms with E-state index in [1.807, 2.05) is 26.0 Å². The molecule has 0 radical (unpaired) electrons. The lowest BCUT2D eigenvalue weighted by Crippen LogP contribution is -2.16. The Morgan fingerprint density at radius 2 is 1.62 bits per heavy atom. The molecule has 0 aliphatic rings. The standard InChI is InChI=1S/C20H25NO4S/c1-5-6-11-25-20(22)17-7-9-18(10-8-17)21-26(23,24)19-15(3)12-14(2)13-16(19)4/h7-10,12-13,21H,5-6,11H2,1-4H3. The molecule has 0 fully saturated rings. The van der Waals surface area contributed by atoms with Gasteiger partial charge in [-0.1, -0.05) is 31.0 Å². The number of nitrogens with one attached hydrogen (secondary N) is 1. The number of ether oxygens (including phenoxy) is 1. The molecule has 2 aromatic rings. The van der Waals surface area contributed by atoms with Gasteiger partial charge in [0.2, 0.25) is 0 Å². The van der Waals surface area contributed by atoms with E-state index in [4.69, 9.17) is 4.74 Å². The normalized spacial score (nSPS) is 11.2. The van der Waals surface area contributed by atoms with Crippen LogP contribution in [0.5, 0.6) is 0 Å². The molecular formula is C20H25NO4S. The second-order valence-electron chi connectivity index (χ2n) is 6.40. The van der Waals surface area contributed by atoms with E-state index in [9.17, 15) is 13.2 Å². The second-order valence-corrected chi connectivity index (χ2v) is 8.02. The number of carbonyl (C=O) groups is 1. The van der Waals surface area contributed by atoms with Crippen LogP contribution in [-0.2, 0) is 14.8 Å². The van der Waals surface area contributed by atoms with Crippen LogP contribution < -0.4 is 4.72 Å². The van der Waals surface area contributed by atoms with Crippen LogP contribution >= 0.6 is 0 Å². The molecule has 0 aromatic heterocycles. The summed E-state index contributed by atoms with van der Waals surface area (Å²) in [4.78, 5) is 12.2. The third-order valence-corrected chi connectivity index (χ3v) is 5.66. The van der Waals surface area contributed by atoms with Crippen LogP contribution in [0.1, 0.15) is 46.8 Å². The molecule has 0 bridgehead atoms. The minimum atomic E-state index is -3.71. The van der Waals surface area contributed by atoms with Crippen LogP contribution in [0.4, 0.5) is 5.69 Å².